The van der Waals surface area contributed by atoms with Crippen LogP contribution in [-0.2, 0) is 19.3 Å². The van der Waals surface area contributed by atoms with Gasteiger partial charge in [-0.2, -0.15) is 18.3 Å². The number of halogens is 3. The van der Waals surface area contributed by atoms with Gasteiger partial charge in [-0.1, -0.05) is 30.3 Å². The fraction of sp³-hybridized carbons (Fsp3) is 0.211. The molecule has 3 aromatic rings. The third-order valence-electron chi connectivity index (χ3n) is 3.85. The van der Waals surface area contributed by atoms with Crippen molar-refractivity contribution in [3.63, 3.8) is 0 Å². The Labute approximate surface area is 149 Å². The Balaban J connectivity index is 1.72. The Bertz CT molecular complexity index is 843. The molecule has 1 N–H and O–H groups in total. The highest BCUT2D eigenvalue weighted by Gasteiger charge is 2.30. The van der Waals surface area contributed by atoms with Gasteiger partial charge in [0, 0.05) is 19.2 Å². The number of hydrogen-bond acceptors (Lipinski definition) is 3. The topological polar surface area (TPSA) is 39.1 Å². The van der Waals surface area contributed by atoms with E-state index in [1.165, 1.54) is 23.9 Å². The van der Waals surface area contributed by atoms with Crippen LogP contribution < -0.4 is 10.1 Å². The maximum atomic E-state index is 12.7. The van der Waals surface area contributed by atoms with E-state index in [4.69, 9.17) is 4.74 Å². The molecule has 136 valence electrons. The molecule has 1 heterocycles. The summed E-state index contributed by atoms with van der Waals surface area (Å²) in [6, 6.07) is 16.5. The quantitative estimate of drug-likeness (QED) is 0.716. The second-order valence-corrected chi connectivity index (χ2v) is 5.72. The molecular weight excluding hydrogens is 343 g/mol. The summed E-state index contributed by atoms with van der Waals surface area (Å²) in [5.74, 6) is 0.460. The van der Waals surface area contributed by atoms with Crippen molar-refractivity contribution in [3.05, 3.63) is 77.5 Å². The number of hydrogen-bond donors (Lipinski definition) is 1. The molecule has 0 aliphatic rings. The fourth-order valence-corrected chi connectivity index (χ4v) is 2.55. The first kappa shape index (κ1) is 18.0. The van der Waals surface area contributed by atoms with E-state index in [1.54, 1.807) is 6.07 Å². The molecule has 0 atom stereocenters. The van der Waals surface area contributed by atoms with Crippen molar-refractivity contribution < 1.29 is 17.9 Å². The summed E-state index contributed by atoms with van der Waals surface area (Å²) >= 11 is 0. The van der Waals surface area contributed by atoms with Gasteiger partial charge in [-0.15, -0.1) is 0 Å². The SMILES string of the molecule is COc1cc(CNCc2ccccc2)nn1-c1ccc(C(F)(F)F)cc1. The maximum Gasteiger partial charge on any atom is 0.416 e. The minimum absolute atomic E-state index is 0.460. The molecule has 0 spiro atoms. The van der Waals surface area contributed by atoms with Crippen LogP contribution in [0, 0.1) is 0 Å². The van der Waals surface area contributed by atoms with Crippen molar-refractivity contribution in [2.24, 2.45) is 0 Å². The summed E-state index contributed by atoms with van der Waals surface area (Å²) in [4.78, 5) is 0. The fourth-order valence-electron chi connectivity index (χ4n) is 2.55. The molecule has 0 saturated carbocycles. The second-order valence-electron chi connectivity index (χ2n) is 5.72. The summed E-state index contributed by atoms with van der Waals surface area (Å²) in [6.07, 6.45) is -4.36. The van der Waals surface area contributed by atoms with Crippen LogP contribution in [-0.4, -0.2) is 16.9 Å². The Morgan fingerprint density at radius 3 is 2.31 bits per heavy atom. The first-order chi connectivity index (χ1) is 12.5. The van der Waals surface area contributed by atoms with Crippen LogP contribution in [0.4, 0.5) is 13.2 Å². The lowest BCUT2D eigenvalue weighted by Crippen LogP contribution is -2.13. The van der Waals surface area contributed by atoms with Crippen molar-refractivity contribution in [3.8, 4) is 11.6 Å². The highest BCUT2D eigenvalue weighted by molar-refractivity contribution is 5.38. The van der Waals surface area contributed by atoms with E-state index >= 15 is 0 Å². The molecule has 3 rings (SSSR count). The molecule has 0 fully saturated rings. The lowest BCUT2D eigenvalue weighted by atomic mass is 10.2. The van der Waals surface area contributed by atoms with Gasteiger partial charge in [0.1, 0.15) is 0 Å². The molecule has 1 aromatic heterocycles. The molecule has 0 amide bonds. The monoisotopic (exact) mass is 361 g/mol. The number of benzene rings is 2. The smallest absolute Gasteiger partial charge is 0.416 e. The highest BCUT2D eigenvalue weighted by atomic mass is 19.4. The highest BCUT2D eigenvalue weighted by Crippen LogP contribution is 2.30. The van der Waals surface area contributed by atoms with E-state index in [9.17, 15) is 13.2 Å². The molecular formula is C19H18F3N3O. The lowest BCUT2D eigenvalue weighted by Gasteiger charge is -2.09. The number of alkyl halides is 3. The number of ether oxygens (including phenoxy) is 1. The predicted molar refractivity (Wildman–Crippen MR) is 92.1 cm³/mol. The van der Waals surface area contributed by atoms with Gasteiger partial charge in [-0.3, -0.25) is 0 Å². The van der Waals surface area contributed by atoms with Crippen molar-refractivity contribution >= 4 is 0 Å². The standard InChI is InChI=1S/C19H18F3N3O/c1-26-18-11-16(13-23-12-14-5-3-2-4-6-14)24-25(18)17-9-7-15(8-10-17)19(20,21)22/h2-11,23H,12-13H2,1H3. The molecule has 2 aromatic carbocycles. The van der Waals surface area contributed by atoms with Gasteiger partial charge < -0.3 is 10.1 Å². The largest absolute Gasteiger partial charge is 0.481 e. The van der Waals surface area contributed by atoms with E-state index in [-0.39, 0.29) is 0 Å². The van der Waals surface area contributed by atoms with E-state index < -0.39 is 11.7 Å². The van der Waals surface area contributed by atoms with Crippen LogP contribution in [0.15, 0.2) is 60.7 Å². The lowest BCUT2D eigenvalue weighted by molar-refractivity contribution is -0.137. The van der Waals surface area contributed by atoms with Crippen molar-refractivity contribution in [1.29, 1.82) is 0 Å². The zero-order chi connectivity index (χ0) is 18.6. The maximum absolute atomic E-state index is 12.7. The number of nitrogens with one attached hydrogen (secondary N) is 1. The van der Waals surface area contributed by atoms with Crippen molar-refractivity contribution in [2.45, 2.75) is 19.3 Å². The number of methoxy groups -OCH3 is 1. The number of aromatic nitrogens is 2. The normalized spacial score (nSPS) is 11.5. The first-order valence-corrected chi connectivity index (χ1v) is 8.02. The van der Waals surface area contributed by atoms with Gasteiger partial charge >= 0.3 is 6.18 Å². The van der Waals surface area contributed by atoms with Gasteiger partial charge in [-0.25, -0.2) is 4.68 Å². The van der Waals surface area contributed by atoms with Crippen molar-refractivity contribution in [2.75, 3.05) is 7.11 Å². The minimum Gasteiger partial charge on any atom is -0.481 e. The van der Waals surface area contributed by atoms with Gasteiger partial charge in [0.15, 0.2) is 0 Å². The van der Waals surface area contributed by atoms with Gasteiger partial charge in [0.2, 0.25) is 5.88 Å². The minimum atomic E-state index is -4.36. The van der Waals surface area contributed by atoms with E-state index in [0.29, 0.717) is 24.7 Å². The molecule has 0 aliphatic heterocycles. The summed E-state index contributed by atoms with van der Waals surface area (Å²) < 4.78 is 44.9. The Morgan fingerprint density at radius 2 is 1.69 bits per heavy atom. The van der Waals surface area contributed by atoms with Gasteiger partial charge in [0.05, 0.1) is 24.1 Å². The molecule has 0 unspecified atom stereocenters. The number of nitrogens with zero attached hydrogens (tertiary/aromatic N) is 2. The molecule has 0 bridgehead atoms. The predicted octanol–water partition coefficient (Wildman–Crippen LogP) is 4.19. The third-order valence-corrected chi connectivity index (χ3v) is 3.85. The molecule has 0 radical (unpaired) electrons. The Hall–Kier alpha value is -2.80. The summed E-state index contributed by atoms with van der Waals surface area (Å²) in [5.41, 5.74) is 1.69. The van der Waals surface area contributed by atoms with Gasteiger partial charge in [-0.05, 0) is 29.8 Å². The van der Waals surface area contributed by atoms with Crippen LogP contribution in [0.2, 0.25) is 0 Å². The van der Waals surface area contributed by atoms with Crippen LogP contribution in [0.1, 0.15) is 16.8 Å². The zero-order valence-corrected chi connectivity index (χ0v) is 14.1. The molecule has 0 aliphatic carbocycles. The first-order valence-electron chi connectivity index (χ1n) is 8.02. The van der Waals surface area contributed by atoms with E-state index in [0.717, 1.165) is 23.4 Å². The molecule has 26 heavy (non-hydrogen) atoms. The van der Waals surface area contributed by atoms with Crippen LogP contribution >= 0.6 is 0 Å². The average Bonchev–Trinajstić information content (AvgIpc) is 3.05. The summed E-state index contributed by atoms with van der Waals surface area (Å²) in [6.45, 7) is 1.20. The summed E-state index contributed by atoms with van der Waals surface area (Å²) in [5, 5.41) is 7.71. The van der Waals surface area contributed by atoms with Gasteiger partial charge in [0.25, 0.3) is 0 Å². The average molecular weight is 361 g/mol. The van der Waals surface area contributed by atoms with Crippen molar-refractivity contribution in [1.82, 2.24) is 15.1 Å². The molecule has 0 saturated heterocycles. The molecule has 7 heteroatoms. The Morgan fingerprint density at radius 1 is 1.00 bits per heavy atom. The zero-order valence-electron chi connectivity index (χ0n) is 14.1. The Kier molecular flexibility index (Phi) is 5.27. The van der Waals surface area contributed by atoms with Crippen LogP contribution in [0.3, 0.4) is 0 Å². The van der Waals surface area contributed by atoms with Crippen LogP contribution in [0.25, 0.3) is 5.69 Å². The summed E-state index contributed by atoms with van der Waals surface area (Å²) in [7, 11) is 1.50. The third kappa shape index (κ3) is 4.23. The van der Waals surface area contributed by atoms with E-state index in [1.807, 2.05) is 30.3 Å². The molecule has 4 nitrogen and oxygen atoms in total. The second kappa shape index (κ2) is 7.61. The van der Waals surface area contributed by atoms with Crippen LogP contribution in [0.5, 0.6) is 5.88 Å². The number of rotatable bonds is 6. The van der Waals surface area contributed by atoms with E-state index in [2.05, 4.69) is 10.4 Å².